The molecule has 2 heterocycles. The highest BCUT2D eigenvalue weighted by Crippen LogP contribution is 2.33. The average molecular weight is 354 g/mol. The number of carbonyl (C=O) groups excluding carboxylic acids is 1. The molecule has 1 aliphatic heterocycles. The van der Waals surface area contributed by atoms with Crippen LogP contribution in [0.2, 0.25) is 0 Å². The second-order valence-corrected chi connectivity index (χ2v) is 6.58. The summed E-state index contributed by atoms with van der Waals surface area (Å²) in [4.78, 5) is 20.8. The minimum absolute atomic E-state index is 0.149. The highest BCUT2D eigenvalue weighted by Gasteiger charge is 2.18. The lowest BCUT2D eigenvalue weighted by molar-refractivity contribution is 0.0922. The zero-order valence-electron chi connectivity index (χ0n) is 14.5. The Morgan fingerprint density at radius 2 is 1.81 bits per heavy atom. The number of amides is 1. The first-order chi connectivity index (χ1) is 12.8. The lowest BCUT2D eigenvalue weighted by Gasteiger charge is -2.22. The Morgan fingerprint density at radius 1 is 1.00 bits per heavy atom. The third-order valence-electron chi connectivity index (χ3n) is 4.65. The van der Waals surface area contributed by atoms with Crippen molar-refractivity contribution in [3.05, 3.63) is 36.3 Å². The molecule has 1 amide bonds. The summed E-state index contributed by atoms with van der Waals surface area (Å²) in [5.74, 6) is 1.85. The number of hydrogen-bond acceptors (Lipinski definition) is 6. The van der Waals surface area contributed by atoms with Gasteiger partial charge in [-0.3, -0.25) is 4.79 Å². The number of aromatic nitrogens is 2. The van der Waals surface area contributed by atoms with Gasteiger partial charge in [-0.05, 0) is 25.0 Å². The van der Waals surface area contributed by atoms with E-state index in [-0.39, 0.29) is 11.9 Å². The number of fused-ring (bicyclic) bond motifs is 1. The van der Waals surface area contributed by atoms with Crippen molar-refractivity contribution in [2.45, 2.75) is 38.1 Å². The molecule has 0 atom stereocenters. The van der Waals surface area contributed by atoms with Gasteiger partial charge in [-0.2, -0.15) is 0 Å². The van der Waals surface area contributed by atoms with Crippen molar-refractivity contribution < 1.29 is 14.3 Å². The molecule has 1 aromatic heterocycles. The molecule has 2 aliphatic rings. The summed E-state index contributed by atoms with van der Waals surface area (Å²) in [5.41, 5.74) is 1.18. The van der Waals surface area contributed by atoms with Gasteiger partial charge in [0.2, 0.25) is 0 Å². The molecular formula is C19H22N4O3. The molecule has 1 saturated carbocycles. The molecule has 0 spiro atoms. The van der Waals surface area contributed by atoms with Crippen LogP contribution in [0.1, 0.15) is 42.6 Å². The second-order valence-electron chi connectivity index (χ2n) is 6.58. The van der Waals surface area contributed by atoms with E-state index in [1.165, 1.54) is 25.6 Å². The van der Waals surface area contributed by atoms with Crippen molar-refractivity contribution in [1.82, 2.24) is 15.3 Å². The molecule has 0 unspecified atom stereocenters. The van der Waals surface area contributed by atoms with Gasteiger partial charge in [0.15, 0.2) is 11.5 Å². The van der Waals surface area contributed by atoms with E-state index in [1.54, 1.807) is 6.07 Å². The summed E-state index contributed by atoms with van der Waals surface area (Å²) >= 11 is 0. The number of rotatable bonds is 4. The summed E-state index contributed by atoms with van der Waals surface area (Å²) in [6.07, 6.45) is 7.08. The molecule has 4 rings (SSSR count). The maximum absolute atomic E-state index is 12.4. The van der Waals surface area contributed by atoms with Crippen molar-refractivity contribution in [3.8, 4) is 11.5 Å². The highest BCUT2D eigenvalue weighted by atomic mass is 16.6. The monoisotopic (exact) mass is 354 g/mol. The van der Waals surface area contributed by atoms with Gasteiger partial charge < -0.3 is 20.1 Å². The maximum Gasteiger partial charge on any atom is 0.270 e. The van der Waals surface area contributed by atoms with Crippen LogP contribution >= 0.6 is 0 Å². The largest absolute Gasteiger partial charge is 0.486 e. The SMILES string of the molecule is O=C(NC1CCCCC1)c1cc(Nc2ccc3c(c2)OCCO3)ncn1. The molecule has 1 fully saturated rings. The first-order valence-electron chi connectivity index (χ1n) is 9.07. The number of benzene rings is 1. The topological polar surface area (TPSA) is 85.4 Å². The Morgan fingerprint density at radius 3 is 2.65 bits per heavy atom. The summed E-state index contributed by atoms with van der Waals surface area (Å²) in [5, 5.41) is 6.26. The summed E-state index contributed by atoms with van der Waals surface area (Å²) in [7, 11) is 0. The van der Waals surface area contributed by atoms with Crippen LogP contribution in [-0.4, -0.2) is 35.1 Å². The van der Waals surface area contributed by atoms with Gasteiger partial charge in [0.25, 0.3) is 5.91 Å². The first-order valence-corrected chi connectivity index (χ1v) is 9.07. The van der Waals surface area contributed by atoms with Crippen molar-refractivity contribution in [2.75, 3.05) is 18.5 Å². The second kappa shape index (κ2) is 7.59. The van der Waals surface area contributed by atoms with Crippen LogP contribution in [0.15, 0.2) is 30.6 Å². The van der Waals surface area contributed by atoms with E-state index >= 15 is 0 Å². The molecule has 0 saturated heterocycles. The molecule has 0 radical (unpaired) electrons. The van der Waals surface area contributed by atoms with Crippen LogP contribution in [0.4, 0.5) is 11.5 Å². The van der Waals surface area contributed by atoms with Gasteiger partial charge in [0.05, 0.1) is 0 Å². The summed E-state index contributed by atoms with van der Waals surface area (Å²) in [6.45, 7) is 1.10. The van der Waals surface area contributed by atoms with Crippen LogP contribution in [0.3, 0.4) is 0 Å². The molecule has 26 heavy (non-hydrogen) atoms. The molecule has 7 nitrogen and oxygen atoms in total. The van der Waals surface area contributed by atoms with Gasteiger partial charge in [0, 0.05) is 23.9 Å². The third-order valence-corrected chi connectivity index (χ3v) is 4.65. The van der Waals surface area contributed by atoms with Crippen molar-refractivity contribution in [2.24, 2.45) is 0 Å². The van der Waals surface area contributed by atoms with E-state index in [2.05, 4.69) is 20.6 Å². The smallest absolute Gasteiger partial charge is 0.270 e. The van der Waals surface area contributed by atoms with Crippen LogP contribution in [-0.2, 0) is 0 Å². The Balaban J connectivity index is 1.44. The number of carbonyl (C=O) groups is 1. The standard InChI is InChI=1S/C19H22N4O3/c24-19(23-13-4-2-1-3-5-13)15-11-18(21-12-20-15)22-14-6-7-16-17(10-14)26-9-8-25-16/h6-7,10-13H,1-5,8-9H2,(H,23,24)(H,20,21,22). The molecule has 1 aliphatic carbocycles. The molecule has 0 bridgehead atoms. The van der Waals surface area contributed by atoms with E-state index in [0.29, 0.717) is 30.5 Å². The molecule has 2 N–H and O–H groups in total. The zero-order valence-corrected chi connectivity index (χ0v) is 14.5. The molecule has 136 valence electrons. The zero-order chi connectivity index (χ0) is 17.8. The van der Waals surface area contributed by atoms with Crippen LogP contribution in [0, 0.1) is 0 Å². The quantitative estimate of drug-likeness (QED) is 0.878. The van der Waals surface area contributed by atoms with Crippen molar-refractivity contribution in [1.29, 1.82) is 0 Å². The van der Waals surface area contributed by atoms with Crippen molar-refractivity contribution in [3.63, 3.8) is 0 Å². The van der Waals surface area contributed by atoms with E-state index in [0.717, 1.165) is 24.3 Å². The van der Waals surface area contributed by atoms with E-state index in [4.69, 9.17) is 9.47 Å². The van der Waals surface area contributed by atoms with Crippen molar-refractivity contribution >= 4 is 17.4 Å². The number of nitrogens with one attached hydrogen (secondary N) is 2. The van der Waals surface area contributed by atoms with E-state index in [9.17, 15) is 4.79 Å². The fourth-order valence-corrected chi connectivity index (χ4v) is 3.33. The van der Waals surface area contributed by atoms with Gasteiger partial charge >= 0.3 is 0 Å². The van der Waals surface area contributed by atoms with Crippen LogP contribution in [0.5, 0.6) is 11.5 Å². The Labute approximate surface area is 152 Å². The van der Waals surface area contributed by atoms with Gasteiger partial charge in [0.1, 0.15) is 31.1 Å². The van der Waals surface area contributed by atoms with Crippen LogP contribution < -0.4 is 20.1 Å². The lowest BCUT2D eigenvalue weighted by atomic mass is 9.95. The third kappa shape index (κ3) is 3.87. The van der Waals surface area contributed by atoms with E-state index < -0.39 is 0 Å². The molecule has 1 aromatic carbocycles. The highest BCUT2D eigenvalue weighted by molar-refractivity contribution is 5.93. The fourth-order valence-electron chi connectivity index (χ4n) is 3.33. The molecule has 7 heteroatoms. The Kier molecular flexibility index (Phi) is 4.86. The van der Waals surface area contributed by atoms with Crippen LogP contribution in [0.25, 0.3) is 0 Å². The number of nitrogens with zero attached hydrogens (tertiary/aromatic N) is 2. The summed E-state index contributed by atoms with van der Waals surface area (Å²) in [6, 6.07) is 7.51. The Bertz CT molecular complexity index is 790. The lowest BCUT2D eigenvalue weighted by Crippen LogP contribution is -2.36. The summed E-state index contributed by atoms with van der Waals surface area (Å²) < 4.78 is 11.1. The Hall–Kier alpha value is -2.83. The molecule has 2 aromatic rings. The predicted octanol–water partition coefficient (Wildman–Crippen LogP) is 3.05. The number of ether oxygens (including phenoxy) is 2. The average Bonchev–Trinajstić information content (AvgIpc) is 2.69. The predicted molar refractivity (Wildman–Crippen MR) is 97.1 cm³/mol. The van der Waals surface area contributed by atoms with E-state index in [1.807, 2.05) is 18.2 Å². The fraction of sp³-hybridized carbons (Fsp3) is 0.421. The molecular weight excluding hydrogens is 332 g/mol. The first kappa shape index (κ1) is 16.6. The van der Waals surface area contributed by atoms with Gasteiger partial charge in [-0.1, -0.05) is 19.3 Å². The normalized spacial score (nSPS) is 16.8. The minimum Gasteiger partial charge on any atom is -0.486 e. The maximum atomic E-state index is 12.4. The number of anilines is 2. The van der Waals surface area contributed by atoms with Gasteiger partial charge in [-0.15, -0.1) is 0 Å². The number of hydrogen-bond donors (Lipinski definition) is 2. The van der Waals surface area contributed by atoms with Gasteiger partial charge in [-0.25, -0.2) is 9.97 Å². The minimum atomic E-state index is -0.149.